The topological polar surface area (TPSA) is 26.3 Å². The summed E-state index contributed by atoms with van der Waals surface area (Å²) >= 11 is 8.33. The first-order valence-corrected chi connectivity index (χ1v) is 15.4. The van der Waals surface area contributed by atoms with E-state index in [0.717, 1.165) is 19.0 Å². The van der Waals surface area contributed by atoms with Crippen LogP contribution in [0, 0.1) is 26.2 Å². The molecule has 0 atom stereocenters. The Morgan fingerprint density at radius 1 is 0.735 bits per heavy atom. The normalized spacial score (nSPS) is 13.2. The molecule has 0 amide bonds. The van der Waals surface area contributed by atoms with Crippen molar-refractivity contribution in [2.24, 2.45) is 5.41 Å². The van der Waals surface area contributed by atoms with E-state index in [0.29, 0.717) is 6.61 Å². The van der Waals surface area contributed by atoms with Crippen molar-refractivity contribution < 1.29 is 9.53 Å². The van der Waals surface area contributed by atoms with Gasteiger partial charge in [-0.25, -0.2) is 0 Å². The predicted octanol–water partition coefficient (Wildman–Crippen LogP) is 6.96. The summed E-state index contributed by atoms with van der Waals surface area (Å²) in [5.74, 6) is -3.52. The summed E-state index contributed by atoms with van der Waals surface area (Å²) in [5.41, 5.74) is 3.14. The Balaban J connectivity index is 2.15. The monoisotopic (exact) mass is 496 g/mol. The Morgan fingerprint density at radius 3 is 1.47 bits per heavy atom. The van der Waals surface area contributed by atoms with Crippen LogP contribution in [0.2, 0.25) is 0 Å². The molecule has 0 bridgehead atoms. The van der Waals surface area contributed by atoms with E-state index in [1.165, 1.54) is 32.6 Å². The number of esters is 1. The number of halogens is 1. The first kappa shape index (κ1) is 26.5. The average molecular weight is 497 g/mol. The van der Waals surface area contributed by atoms with E-state index in [-0.39, 0.29) is 5.97 Å². The number of benzene rings is 3. The van der Waals surface area contributed by atoms with Crippen molar-refractivity contribution in [3.05, 3.63) is 89.5 Å². The van der Waals surface area contributed by atoms with Crippen LogP contribution < -0.4 is 15.9 Å². The Hall–Kier alpha value is -2.15. The van der Waals surface area contributed by atoms with E-state index in [2.05, 4.69) is 93.6 Å². The summed E-state index contributed by atoms with van der Waals surface area (Å²) < 4.78 is 5.57. The predicted molar refractivity (Wildman–Crippen MR) is 150 cm³/mol. The van der Waals surface area contributed by atoms with Crippen LogP contribution in [0.3, 0.4) is 0 Å². The summed E-state index contributed by atoms with van der Waals surface area (Å²) in [6.45, 7) is 12.6. The quantitative estimate of drug-likeness (QED) is 0.191. The fraction of sp³-hybridized carbons (Fsp3) is 0.367. The number of carbonyl (C=O) groups excluding carboxylic acids is 1. The van der Waals surface area contributed by atoms with Gasteiger partial charge in [-0.3, -0.25) is 0 Å². The average Bonchev–Trinajstić information content (AvgIpc) is 2.79. The molecule has 34 heavy (non-hydrogen) atoms. The van der Waals surface area contributed by atoms with E-state index in [1.54, 1.807) is 0 Å². The van der Waals surface area contributed by atoms with Crippen molar-refractivity contribution in [3.8, 4) is 0 Å². The van der Waals surface area contributed by atoms with Gasteiger partial charge in [0.25, 0.3) is 0 Å². The van der Waals surface area contributed by atoms with Gasteiger partial charge in [-0.15, -0.1) is 0 Å². The molecule has 0 N–H and O–H groups in total. The zero-order chi connectivity index (χ0) is 25.0. The summed E-state index contributed by atoms with van der Waals surface area (Å²) in [6, 6.07) is 25.7. The van der Waals surface area contributed by atoms with Gasteiger partial charge in [0.2, 0.25) is 0 Å². The van der Waals surface area contributed by atoms with Gasteiger partial charge in [0, 0.05) is 0 Å². The zero-order valence-electron chi connectivity index (χ0n) is 21.4. The number of aryl methyl sites for hydroxylation is 3. The van der Waals surface area contributed by atoms with Gasteiger partial charge in [0.15, 0.2) is 0 Å². The van der Waals surface area contributed by atoms with Gasteiger partial charge in [0.1, 0.15) is 0 Å². The van der Waals surface area contributed by atoms with Crippen LogP contribution in [0.15, 0.2) is 72.8 Å². The molecule has 0 unspecified atom stereocenters. The molecule has 0 aliphatic rings. The van der Waals surface area contributed by atoms with Gasteiger partial charge in [-0.1, -0.05) is 0 Å². The molecule has 0 saturated heterocycles. The molecule has 0 fully saturated rings. The first-order valence-electron chi connectivity index (χ1n) is 12.1. The molecule has 0 aromatic heterocycles. The molecule has 0 saturated carbocycles. The zero-order valence-corrected chi connectivity index (χ0v) is 23.0. The van der Waals surface area contributed by atoms with Crippen molar-refractivity contribution in [2.45, 2.75) is 54.4 Å². The molecule has 182 valence electrons. The minimum absolute atomic E-state index is 0.160. The third kappa shape index (κ3) is 4.95. The summed E-state index contributed by atoms with van der Waals surface area (Å²) in [6.07, 6.45) is 2.44. The second-order valence-corrected chi connectivity index (χ2v) is 16.9. The molecule has 0 aliphatic carbocycles. The van der Waals surface area contributed by atoms with Crippen LogP contribution in [0.5, 0.6) is 0 Å². The molecule has 0 aliphatic heterocycles. The van der Waals surface area contributed by atoms with Gasteiger partial charge in [0.05, 0.1) is 0 Å². The van der Waals surface area contributed by atoms with E-state index < -0.39 is 11.4 Å². The van der Waals surface area contributed by atoms with Crippen LogP contribution in [0.25, 0.3) is 0 Å². The number of carbonyl (C=O) groups is 1. The SMILES string of the molecule is Cc1ccccc1P(Cl)(CCCCOC(=O)C(C)(C)C)(c1ccccc1C)c1ccccc1C. The second-order valence-electron chi connectivity index (χ2n) is 10.4. The molecular formula is C30H38ClO2P. The van der Waals surface area contributed by atoms with Crippen molar-refractivity contribution in [2.75, 3.05) is 12.8 Å². The molecule has 2 nitrogen and oxygen atoms in total. The van der Waals surface area contributed by atoms with Crippen LogP contribution in [-0.4, -0.2) is 18.7 Å². The van der Waals surface area contributed by atoms with Crippen molar-refractivity contribution >= 4 is 39.1 Å². The van der Waals surface area contributed by atoms with Crippen molar-refractivity contribution in [3.63, 3.8) is 0 Å². The summed E-state index contributed by atoms with van der Waals surface area (Å²) in [4.78, 5) is 12.2. The second kappa shape index (κ2) is 10.2. The molecule has 3 aromatic rings. The Kier molecular flexibility index (Phi) is 7.96. The van der Waals surface area contributed by atoms with Crippen molar-refractivity contribution in [1.82, 2.24) is 0 Å². The standard InChI is InChI=1S/C30H38ClO2P/c1-23-15-7-10-18-26(23)34(31,27-19-11-8-16-24(27)2,28-20-12-9-17-25(28)3)22-14-13-21-33-29(32)30(4,5)6/h7-12,15-20H,13-14,21-22H2,1-6H3. The molecule has 0 radical (unpaired) electrons. The van der Waals surface area contributed by atoms with E-state index in [9.17, 15) is 4.79 Å². The molecule has 0 heterocycles. The summed E-state index contributed by atoms with van der Waals surface area (Å²) in [7, 11) is 0. The van der Waals surface area contributed by atoms with Crippen LogP contribution in [0.1, 0.15) is 50.3 Å². The number of hydrogen-bond donors (Lipinski definition) is 0. The number of hydrogen-bond acceptors (Lipinski definition) is 2. The van der Waals surface area contributed by atoms with Gasteiger partial charge < -0.3 is 0 Å². The molecular weight excluding hydrogens is 459 g/mol. The number of ether oxygens (including phenoxy) is 1. The van der Waals surface area contributed by atoms with Gasteiger partial charge >= 0.3 is 211 Å². The number of unbranched alkanes of at least 4 members (excludes halogenated alkanes) is 1. The number of rotatable bonds is 8. The van der Waals surface area contributed by atoms with Gasteiger partial charge in [-0.05, 0) is 0 Å². The molecule has 4 heteroatoms. The fourth-order valence-electron chi connectivity index (χ4n) is 4.90. The molecule has 0 spiro atoms. The third-order valence-electron chi connectivity index (χ3n) is 6.67. The van der Waals surface area contributed by atoms with Crippen LogP contribution in [-0.2, 0) is 9.53 Å². The van der Waals surface area contributed by atoms with Gasteiger partial charge in [-0.2, -0.15) is 0 Å². The Labute approximate surface area is 210 Å². The summed E-state index contributed by atoms with van der Waals surface area (Å²) in [5, 5.41) is 3.68. The molecule has 3 aromatic carbocycles. The third-order valence-corrected chi connectivity index (χ3v) is 14.5. The minimum atomic E-state index is -3.36. The van der Waals surface area contributed by atoms with Crippen LogP contribution in [0.4, 0.5) is 0 Å². The van der Waals surface area contributed by atoms with Crippen LogP contribution >= 0.6 is 17.2 Å². The van der Waals surface area contributed by atoms with E-state index >= 15 is 0 Å². The fourth-order valence-corrected chi connectivity index (χ4v) is 12.9. The first-order chi connectivity index (χ1) is 16.0. The van der Waals surface area contributed by atoms with E-state index in [4.69, 9.17) is 16.0 Å². The maximum atomic E-state index is 12.2. The van der Waals surface area contributed by atoms with Crippen molar-refractivity contribution in [1.29, 1.82) is 0 Å². The van der Waals surface area contributed by atoms with E-state index in [1.807, 2.05) is 20.8 Å². The maximum absolute atomic E-state index is 12.2. The Morgan fingerprint density at radius 2 is 1.12 bits per heavy atom. The molecule has 3 rings (SSSR count). The Bertz CT molecular complexity index is 1050.